The van der Waals surface area contributed by atoms with E-state index >= 15 is 0 Å². The van der Waals surface area contributed by atoms with Gasteiger partial charge in [0.2, 0.25) is 10.0 Å². The van der Waals surface area contributed by atoms with Crippen molar-refractivity contribution in [3.05, 3.63) is 65.2 Å². The minimum atomic E-state index is -4.08. The van der Waals surface area contributed by atoms with Crippen molar-refractivity contribution in [1.29, 1.82) is 0 Å². The maximum atomic E-state index is 14.0. The number of hydrogen-bond donors (Lipinski definition) is 2. The third-order valence-electron chi connectivity index (χ3n) is 9.32. The van der Waals surface area contributed by atoms with Crippen LogP contribution in [0.1, 0.15) is 55.1 Å². The molecule has 0 aromatic heterocycles. The van der Waals surface area contributed by atoms with Crippen molar-refractivity contribution >= 4 is 21.9 Å². The van der Waals surface area contributed by atoms with Crippen LogP contribution in [0.3, 0.4) is 0 Å². The second-order valence-electron chi connectivity index (χ2n) is 13.1. The number of rotatable bonds is 12. The first-order valence-corrected chi connectivity index (χ1v) is 16.9. The topological polar surface area (TPSA) is 134 Å². The molecule has 0 radical (unpaired) electrons. The predicted octanol–water partition coefficient (Wildman–Crippen LogP) is 3.06. The molecule has 10 nitrogen and oxygen atoms in total. The van der Waals surface area contributed by atoms with Crippen molar-refractivity contribution in [3.63, 3.8) is 0 Å². The van der Waals surface area contributed by atoms with Gasteiger partial charge in [-0.05, 0) is 42.0 Å². The summed E-state index contributed by atoms with van der Waals surface area (Å²) in [6.07, 6.45) is -1.46. The van der Waals surface area contributed by atoms with Gasteiger partial charge in [0, 0.05) is 55.9 Å². The molecule has 1 aliphatic carbocycles. The Labute approximate surface area is 260 Å². The summed E-state index contributed by atoms with van der Waals surface area (Å²) < 4.78 is 40.6. The van der Waals surface area contributed by atoms with Crippen LogP contribution in [0.5, 0.6) is 0 Å². The molecule has 1 amide bonds. The second-order valence-corrected chi connectivity index (χ2v) is 15.1. The molecule has 5 rings (SSSR count). The number of fused-ring (bicyclic) bond motifs is 3. The number of benzene rings is 2. The molecule has 2 heterocycles. The SMILES string of the molecule is CC(C)CN(C[C@@H](O)[C@@H](CC(=O)OC1C2COC(O)C(C2)C1C)Cc1ccccc1)S(=O)(=O)c1ccc2c(c1)C(=O)N(C)C2. The van der Waals surface area contributed by atoms with E-state index in [0.29, 0.717) is 25.1 Å². The van der Waals surface area contributed by atoms with Gasteiger partial charge in [-0.1, -0.05) is 57.2 Å². The van der Waals surface area contributed by atoms with Crippen LogP contribution in [0.4, 0.5) is 0 Å². The Morgan fingerprint density at radius 1 is 1.16 bits per heavy atom. The van der Waals surface area contributed by atoms with Crippen LogP contribution in [0, 0.1) is 29.6 Å². The molecular weight excluding hydrogens is 584 g/mol. The van der Waals surface area contributed by atoms with Crippen molar-refractivity contribution < 1.29 is 37.7 Å². The highest BCUT2D eigenvalue weighted by atomic mass is 32.2. The first-order valence-electron chi connectivity index (χ1n) is 15.4. The van der Waals surface area contributed by atoms with Crippen molar-refractivity contribution in [2.24, 2.45) is 29.6 Å². The highest BCUT2D eigenvalue weighted by molar-refractivity contribution is 7.89. The van der Waals surface area contributed by atoms with E-state index in [0.717, 1.165) is 17.5 Å². The van der Waals surface area contributed by atoms with Gasteiger partial charge in [0.05, 0.1) is 24.0 Å². The summed E-state index contributed by atoms with van der Waals surface area (Å²) in [5.41, 5.74) is 2.05. The molecule has 2 aliphatic heterocycles. The Kier molecular flexibility index (Phi) is 9.81. The molecule has 0 spiro atoms. The van der Waals surface area contributed by atoms with E-state index in [9.17, 15) is 28.2 Å². The van der Waals surface area contributed by atoms with Gasteiger partial charge in [0.15, 0.2) is 6.29 Å². The Morgan fingerprint density at radius 2 is 1.89 bits per heavy atom. The molecular formula is C33H44N2O8S. The van der Waals surface area contributed by atoms with Crippen molar-refractivity contribution in [1.82, 2.24) is 9.21 Å². The summed E-state index contributed by atoms with van der Waals surface area (Å²) in [6.45, 7) is 6.43. The summed E-state index contributed by atoms with van der Waals surface area (Å²) in [5.74, 6) is -1.52. The van der Waals surface area contributed by atoms with Crippen LogP contribution in [-0.4, -0.2) is 85.0 Å². The standard InChI is InChI=1S/C33H44N2O8S/c1-20(2)16-35(44(40,41)26-11-10-23-17-34(4)32(38)28(23)15-26)18-29(36)24(12-22-8-6-5-7-9-22)14-30(37)43-31-21(3)27-13-25(31)19-42-33(27)39/h5-11,15,20-21,24-25,27,29,31,33,36,39H,12-14,16-19H2,1-4H3/t21?,24-,25?,27?,29-,31?,33?/m1/s1. The van der Waals surface area contributed by atoms with Gasteiger partial charge >= 0.3 is 5.97 Å². The molecule has 240 valence electrons. The van der Waals surface area contributed by atoms with Crippen LogP contribution in [0.15, 0.2) is 53.4 Å². The Bertz CT molecular complexity index is 1450. The lowest BCUT2D eigenvalue weighted by molar-refractivity contribution is -0.164. The van der Waals surface area contributed by atoms with E-state index in [-0.39, 0.29) is 54.0 Å². The van der Waals surface area contributed by atoms with Gasteiger partial charge in [-0.15, -0.1) is 0 Å². The fourth-order valence-corrected chi connectivity index (χ4v) is 8.55. The smallest absolute Gasteiger partial charge is 0.306 e. The third-order valence-corrected chi connectivity index (χ3v) is 11.2. The first kappa shape index (κ1) is 32.6. The van der Waals surface area contributed by atoms with Crippen molar-refractivity contribution in [3.8, 4) is 0 Å². The summed E-state index contributed by atoms with van der Waals surface area (Å²) in [4.78, 5) is 27.5. The molecule has 1 saturated heterocycles. The maximum Gasteiger partial charge on any atom is 0.306 e. The number of carbonyl (C=O) groups excluding carboxylic acids is 2. The quantitative estimate of drug-likeness (QED) is 0.343. The van der Waals surface area contributed by atoms with Gasteiger partial charge in [-0.3, -0.25) is 9.59 Å². The normalized spacial score (nSPS) is 26.2. The lowest BCUT2D eigenvalue weighted by Crippen LogP contribution is -2.43. The molecule has 2 fully saturated rings. The fourth-order valence-electron chi connectivity index (χ4n) is 6.91. The molecule has 2 aromatic rings. The Hall–Kier alpha value is -2.83. The zero-order valence-electron chi connectivity index (χ0n) is 25.8. The average Bonchev–Trinajstić information content (AvgIpc) is 3.41. The summed E-state index contributed by atoms with van der Waals surface area (Å²) >= 11 is 0. The molecule has 44 heavy (non-hydrogen) atoms. The lowest BCUT2D eigenvalue weighted by atomic mass is 9.90. The molecule has 11 heteroatoms. The van der Waals surface area contributed by atoms with E-state index in [1.807, 2.05) is 51.1 Å². The molecule has 5 unspecified atom stereocenters. The van der Waals surface area contributed by atoms with Gasteiger partial charge < -0.3 is 24.6 Å². The average molecular weight is 629 g/mol. The van der Waals surface area contributed by atoms with Crippen LogP contribution < -0.4 is 0 Å². The number of nitrogens with zero attached hydrogens (tertiary/aromatic N) is 2. The molecule has 2 aromatic carbocycles. The minimum Gasteiger partial charge on any atom is -0.462 e. The Morgan fingerprint density at radius 3 is 2.57 bits per heavy atom. The summed E-state index contributed by atoms with van der Waals surface area (Å²) in [7, 11) is -2.41. The van der Waals surface area contributed by atoms with Crippen molar-refractivity contribution in [2.75, 3.05) is 26.7 Å². The second kappa shape index (κ2) is 13.3. The molecule has 2 bridgehead atoms. The number of ether oxygens (including phenoxy) is 2. The summed E-state index contributed by atoms with van der Waals surface area (Å²) in [6, 6.07) is 14.1. The van der Waals surface area contributed by atoms with Gasteiger partial charge in [0.25, 0.3) is 5.91 Å². The van der Waals surface area contributed by atoms with Gasteiger partial charge in [-0.25, -0.2) is 8.42 Å². The van der Waals surface area contributed by atoms with Crippen LogP contribution >= 0.6 is 0 Å². The lowest BCUT2D eigenvalue weighted by Gasteiger charge is -2.30. The van der Waals surface area contributed by atoms with Crippen LogP contribution in [0.25, 0.3) is 0 Å². The highest BCUT2D eigenvalue weighted by Gasteiger charge is 2.50. The van der Waals surface area contributed by atoms with E-state index in [1.165, 1.54) is 21.3 Å². The van der Waals surface area contributed by atoms with Crippen LogP contribution in [-0.2, 0) is 37.3 Å². The number of amides is 1. The predicted molar refractivity (Wildman–Crippen MR) is 163 cm³/mol. The number of hydrogen-bond acceptors (Lipinski definition) is 8. The maximum absolute atomic E-state index is 14.0. The Balaban J connectivity index is 1.35. The fraction of sp³-hybridized carbons (Fsp3) is 0.576. The zero-order chi connectivity index (χ0) is 31.8. The molecule has 1 saturated carbocycles. The van der Waals surface area contributed by atoms with E-state index in [4.69, 9.17) is 9.47 Å². The highest BCUT2D eigenvalue weighted by Crippen LogP contribution is 2.44. The molecule has 7 atom stereocenters. The number of aliphatic hydroxyl groups is 2. The van der Waals surface area contributed by atoms with E-state index in [2.05, 4.69) is 0 Å². The number of carbonyl (C=O) groups is 2. The number of esters is 1. The number of sulfonamides is 1. The minimum absolute atomic E-state index is 0.00230. The molecule has 3 aliphatic rings. The largest absolute Gasteiger partial charge is 0.462 e. The van der Waals surface area contributed by atoms with Crippen LogP contribution in [0.2, 0.25) is 0 Å². The van der Waals surface area contributed by atoms with E-state index in [1.54, 1.807) is 13.1 Å². The first-order chi connectivity index (χ1) is 20.8. The molecule has 2 N–H and O–H groups in total. The van der Waals surface area contributed by atoms with Crippen molar-refractivity contribution in [2.45, 2.75) is 70.0 Å². The number of aliphatic hydroxyl groups excluding tert-OH is 2. The zero-order valence-corrected chi connectivity index (χ0v) is 26.7. The monoisotopic (exact) mass is 628 g/mol. The van der Waals surface area contributed by atoms with Gasteiger partial charge in [0.1, 0.15) is 6.10 Å². The van der Waals surface area contributed by atoms with Gasteiger partial charge in [-0.2, -0.15) is 4.31 Å². The van der Waals surface area contributed by atoms with E-state index < -0.39 is 40.4 Å². The summed E-state index contributed by atoms with van der Waals surface area (Å²) in [5, 5.41) is 21.8. The third kappa shape index (κ3) is 6.87.